The van der Waals surface area contributed by atoms with E-state index in [9.17, 15) is 32.7 Å². The highest BCUT2D eigenvalue weighted by atomic mass is 127. The first-order chi connectivity index (χ1) is 17.3. The van der Waals surface area contributed by atoms with E-state index in [4.69, 9.17) is 14.6 Å². The van der Waals surface area contributed by atoms with Gasteiger partial charge in [-0.15, -0.1) is 0 Å². The maximum absolute atomic E-state index is 13.5. The summed E-state index contributed by atoms with van der Waals surface area (Å²) in [5.74, 6) is -1.52. The molecule has 0 fully saturated rings. The number of amides is 2. The number of carbonyl (C=O) groups is 3. The van der Waals surface area contributed by atoms with Crippen LogP contribution in [-0.2, 0) is 9.59 Å². The van der Waals surface area contributed by atoms with Crippen molar-refractivity contribution in [1.29, 1.82) is 0 Å². The number of aldehydes is 1. The highest BCUT2D eigenvalue weighted by molar-refractivity contribution is 14.1. The number of ether oxygens (including phenoxy) is 2. The van der Waals surface area contributed by atoms with E-state index < -0.39 is 42.8 Å². The van der Waals surface area contributed by atoms with Gasteiger partial charge in [-0.3, -0.25) is 14.4 Å². The molecule has 0 saturated carbocycles. The molecule has 2 rings (SSSR count). The summed E-state index contributed by atoms with van der Waals surface area (Å²) in [6.45, 7) is 1.27. The van der Waals surface area contributed by atoms with Gasteiger partial charge in [0.05, 0.1) is 23.3 Å². The quantitative estimate of drug-likeness (QED) is 0.250. The number of benzene rings is 1. The smallest absolute Gasteiger partial charge is 0.406 e. The number of halogens is 4. The largest absolute Gasteiger partial charge is 0.493 e. The lowest BCUT2D eigenvalue weighted by atomic mass is 9.87. The zero-order valence-corrected chi connectivity index (χ0v) is 22.7. The molecule has 0 aliphatic heterocycles. The van der Waals surface area contributed by atoms with E-state index in [2.05, 4.69) is 5.32 Å². The van der Waals surface area contributed by atoms with Crippen LogP contribution in [0.3, 0.4) is 0 Å². The van der Waals surface area contributed by atoms with Crippen LogP contribution in [0.1, 0.15) is 37.0 Å². The molecule has 1 aromatic rings. The van der Waals surface area contributed by atoms with Crippen LogP contribution in [0.2, 0.25) is 0 Å². The molecular weight excluding hydrogens is 612 g/mol. The van der Waals surface area contributed by atoms with Crippen molar-refractivity contribution in [2.75, 3.05) is 26.8 Å². The number of rotatable bonds is 11. The lowest BCUT2D eigenvalue weighted by Gasteiger charge is -2.41. The fourth-order valence-electron chi connectivity index (χ4n) is 3.89. The number of hydrogen-bond acceptors (Lipinski definition) is 7. The van der Waals surface area contributed by atoms with Crippen LogP contribution < -0.4 is 14.8 Å². The standard InChI is InChI=1S/C24H30F3IN2O7/c1-13(2)6-20(33)30(12-24(25,26)27)17-9-15(23(35)29-4-5-31)10-18(21(17)34)37-22-16(28)7-14(11-32)8-19(22)36-3/h7-8,10-11,13,17-18,21,31,34H,4-6,9,12H2,1-3H3,(H,29,35). The molecule has 3 N–H and O–H groups in total. The number of nitrogens with one attached hydrogen (secondary N) is 1. The third kappa shape index (κ3) is 8.57. The molecule has 1 aliphatic carbocycles. The molecule has 0 spiro atoms. The fraction of sp³-hybridized carbons (Fsp3) is 0.542. The van der Waals surface area contributed by atoms with E-state index in [1.54, 1.807) is 13.8 Å². The second-order valence-electron chi connectivity index (χ2n) is 8.90. The molecule has 13 heteroatoms. The van der Waals surface area contributed by atoms with E-state index in [0.29, 0.717) is 14.8 Å². The maximum Gasteiger partial charge on any atom is 0.406 e. The summed E-state index contributed by atoms with van der Waals surface area (Å²) in [7, 11) is 1.33. The highest BCUT2D eigenvalue weighted by Gasteiger charge is 2.44. The minimum atomic E-state index is -4.76. The summed E-state index contributed by atoms with van der Waals surface area (Å²) < 4.78 is 52.2. The Balaban J connectivity index is 2.55. The van der Waals surface area contributed by atoms with Crippen molar-refractivity contribution in [3.05, 3.63) is 32.9 Å². The zero-order chi connectivity index (χ0) is 27.9. The Morgan fingerprint density at radius 2 is 2.00 bits per heavy atom. The zero-order valence-electron chi connectivity index (χ0n) is 20.5. The SMILES string of the molecule is COc1cc(C=O)cc(I)c1OC1C=C(C(=O)NCCO)CC(N(CC(F)(F)F)C(=O)CC(C)C)C1O. The molecule has 1 aliphatic rings. The van der Waals surface area contributed by atoms with Crippen molar-refractivity contribution < 1.29 is 47.2 Å². The summed E-state index contributed by atoms with van der Waals surface area (Å²) in [5.41, 5.74) is 0.266. The van der Waals surface area contributed by atoms with Gasteiger partial charge >= 0.3 is 6.18 Å². The van der Waals surface area contributed by atoms with Crippen molar-refractivity contribution in [1.82, 2.24) is 10.2 Å². The molecule has 0 aromatic heterocycles. The molecule has 37 heavy (non-hydrogen) atoms. The molecule has 0 heterocycles. The van der Waals surface area contributed by atoms with E-state index in [-0.39, 0.29) is 54.5 Å². The van der Waals surface area contributed by atoms with Crippen LogP contribution in [0, 0.1) is 9.49 Å². The van der Waals surface area contributed by atoms with E-state index in [0.717, 1.165) is 0 Å². The van der Waals surface area contributed by atoms with Crippen LogP contribution in [0.15, 0.2) is 23.8 Å². The van der Waals surface area contributed by atoms with Crippen LogP contribution >= 0.6 is 22.6 Å². The summed E-state index contributed by atoms with van der Waals surface area (Å²) in [4.78, 5) is 37.4. The first kappa shape index (κ1) is 30.8. The van der Waals surface area contributed by atoms with Gasteiger partial charge in [0.15, 0.2) is 11.5 Å². The summed E-state index contributed by atoms with van der Waals surface area (Å²) >= 11 is 1.87. The Kier molecular flexibility index (Phi) is 11.2. The normalized spacial score (nSPS) is 19.7. The maximum atomic E-state index is 13.5. The summed E-state index contributed by atoms with van der Waals surface area (Å²) in [6.07, 6.45) is -6.43. The average Bonchev–Trinajstić information content (AvgIpc) is 2.82. The van der Waals surface area contributed by atoms with Crippen molar-refractivity contribution in [2.45, 2.75) is 51.1 Å². The first-order valence-electron chi connectivity index (χ1n) is 11.4. The molecule has 0 saturated heterocycles. The molecule has 0 radical (unpaired) electrons. The molecule has 3 atom stereocenters. The van der Waals surface area contributed by atoms with Gasteiger partial charge in [-0.1, -0.05) is 13.8 Å². The second kappa shape index (κ2) is 13.4. The lowest BCUT2D eigenvalue weighted by molar-refractivity contribution is -0.173. The van der Waals surface area contributed by atoms with Gasteiger partial charge in [0.25, 0.3) is 0 Å². The molecule has 0 bridgehead atoms. The Labute approximate surface area is 226 Å². The Bertz CT molecular complexity index is 1020. The van der Waals surface area contributed by atoms with E-state index in [1.807, 2.05) is 22.6 Å². The summed E-state index contributed by atoms with van der Waals surface area (Å²) in [5, 5.41) is 22.6. The third-order valence-electron chi connectivity index (χ3n) is 5.51. The number of hydrogen-bond donors (Lipinski definition) is 3. The molecule has 3 unspecified atom stereocenters. The highest BCUT2D eigenvalue weighted by Crippen LogP contribution is 2.37. The van der Waals surface area contributed by atoms with Gasteiger partial charge in [-0.2, -0.15) is 13.2 Å². The van der Waals surface area contributed by atoms with Crippen molar-refractivity contribution in [3.63, 3.8) is 0 Å². The lowest BCUT2D eigenvalue weighted by Crippen LogP contribution is -2.57. The molecule has 9 nitrogen and oxygen atoms in total. The second-order valence-corrected chi connectivity index (χ2v) is 10.1. The van der Waals surface area contributed by atoms with Gasteiger partial charge in [0.2, 0.25) is 11.8 Å². The number of aliphatic hydroxyl groups excluding tert-OH is 2. The van der Waals surface area contributed by atoms with Gasteiger partial charge < -0.3 is 29.9 Å². The van der Waals surface area contributed by atoms with Crippen LogP contribution in [-0.4, -0.2) is 84.4 Å². The first-order valence-corrected chi connectivity index (χ1v) is 12.5. The predicted molar refractivity (Wildman–Crippen MR) is 135 cm³/mol. The average molecular weight is 642 g/mol. The molecule has 1 aromatic carbocycles. The summed E-state index contributed by atoms with van der Waals surface area (Å²) in [6, 6.07) is 1.44. The van der Waals surface area contributed by atoms with Gasteiger partial charge in [-0.25, -0.2) is 0 Å². The van der Waals surface area contributed by atoms with Crippen molar-refractivity contribution in [2.24, 2.45) is 5.92 Å². The minimum absolute atomic E-state index is 0.0169. The van der Waals surface area contributed by atoms with Crippen LogP contribution in [0.4, 0.5) is 13.2 Å². The van der Waals surface area contributed by atoms with Crippen molar-refractivity contribution >= 4 is 40.7 Å². The number of aliphatic hydroxyl groups is 2. The van der Waals surface area contributed by atoms with E-state index in [1.165, 1.54) is 25.3 Å². The Hall–Kier alpha value is -2.39. The minimum Gasteiger partial charge on any atom is -0.493 e. The van der Waals surface area contributed by atoms with Gasteiger partial charge in [0.1, 0.15) is 25.0 Å². The topological polar surface area (TPSA) is 125 Å². The Morgan fingerprint density at radius 3 is 2.54 bits per heavy atom. The van der Waals surface area contributed by atoms with Crippen LogP contribution in [0.5, 0.6) is 11.5 Å². The number of methoxy groups -OCH3 is 1. The monoisotopic (exact) mass is 642 g/mol. The van der Waals surface area contributed by atoms with Crippen LogP contribution in [0.25, 0.3) is 0 Å². The molecule has 206 valence electrons. The van der Waals surface area contributed by atoms with Gasteiger partial charge in [-0.05, 0) is 46.7 Å². The van der Waals surface area contributed by atoms with Gasteiger partial charge in [0, 0.05) is 30.5 Å². The fourth-order valence-corrected chi connectivity index (χ4v) is 4.64. The number of carbonyl (C=O) groups excluding carboxylic acids is 3. The van der Waals surface area contributed by atoms with Crippen molar-refractivity contribution in [3.8, 4) is 11.5 Å². The van der Waals surface area contributed by atoms with E-state index >= 15 is 0 Å². The molecular formula is C24H30F3IN2O7. The Morgan fingerprint density at radius 1 is 1.32 bits per heavy atom. The number of alkyl halides is 3. The molecule has 2 amide bonds. The number of nitrogens with zero attached hydrogens (tertiary/aromatic N) is 1. The predicted octanol–water partition coefficient (Wildman–Crippen LogP) is 2.46. The third-order valence-corrected chi connectivity index (χ3v) is 6.31.